The van der Waals surface area contributed by atoms with Gasteiger partial charge in [0.05, 0.1) is 7.11 Å². The Bertz CT molecular complexity index is 598. The smallest absolute Gasteiger partial charge is 0.339 e. The van der Waals surface area contributed by atoms with Gasteiger partial charge in [0.15, 0.2) is 0 Å². The molecule has 0 saturated carbocycles. The number of methoxy groups -OCH3 is 1. The molecular weight excluding hydrogens is 220 g/mol. The van der Waals surface area contributed by atoms with E-state index in [1.807, 2.05) is 12.1 Å². The number of carbonyl (C=O) groups is 1. The first kappa shape index (κ1) is 11.4. The Morgan fingerprint density at radius 2 is 2.12 bits per heavy atom. The van der Waals surface area contributed by atoms with Crippen LogP contribution in [0.2, 0.25) is 0 Å². The SMILES string of the molecule is COC(=O)CCc1cc2ccccc2oc1=O. The molecule has 1 aromatic heterocycles. The maximum atomic E-state index is 11.6. The van der Waals surface area contributed by atoms with Crippen molar-refractivity contribution in [2.45, 2.75) is 12.8 Å². The molecule has 88 valence electrons. The van der Waals surface area contributed by atoms with Crippen molar-refractivity contribution in [2.24, 2.45) is 0 Å². The van der Waals surface area contributed by atoms with Gasteiger partial charge >= 0.3 is 11.6 Å². The van der Waals surface area contributed by atoms with Crippen LogP contribution < -0.4 is 5.63 Å². The zero-order valence-electron chi connectivity index (χ0n) is 9.43. The molecule has 0 unspecified atom stereocenters. The second-order valence-corrected chi connectivity index (χ2v) is 3.67. The number of fused-ring (bicyclic) bond motifs is 1. The average molecular weight is 232 g/mol. The van der Waals surface area contributed by atoms with Crippen molar-refractivity contribution < 1.29 is 13.9 Å². The van der Waals surface area contributed by atoms with Gasteiger partial charge in [-0.25, -0.2) is 4.79 Å². The Kier molecular flexibility index (Phi) is 3.23. The van der Waals surface area contributed by atoms with Gasteiger partial charge in [-0.3, -0.25) is 4.79 Å². The molecule has 0 radical (unpaired) electrons. The van der Waals surface area contributed by atoms with Crippen LogP contribution in [0.5, 0.6) is 0 Å². The monoisotopic (exact) mass is 232 g/mol. The number of ether oxygens (including phenoxy) is 1. The molecule has 2 aromatic rings. The number of carbonyl (C=O) groups excluding carboxylic acids is 1. The van der Waals surface area contributed by atoms with Crippen LogP contribution in [0.1, 0.15) is 12.0 Å². The molecule has 0 fully saturated rings. The Labute approximate surface area is 97.8 Å². The number of hydrogen-bond donors (Lipinski definition) is 0. The summed E-state index contributed by atoms with van der Waals surface area (Å²) in [7, 11) is 1.32. The summed E-state index contributed by atoms with van der Waals surface area (Å²) >= 11 is 0. The molecule has 1 heterocycles. The minimum absolute atomic E-state index is 0.180. The van der Waals surface area contributed by atoms with Gasteiger partial charge < -0.3 is 9.15 Å². The zero-order chi connectivity index (χ0) is 12.3. The van der Waals surface area contributed by atoms with E-state index in [-0.39, 0.29) is 12.4 Å². The summed E-state index contributed by atoms with van der Waals surface area (Å²) < 4.78 is 9.68. The molecule has 0 aliphatic rings. The van der Waals surface area contributed by atoms with E-state index in [0.717, 1.165) is 5.39 Å². The van der Waals surface area contributed by atoms with Crippen molar-refractivity contribution in [3.05, 3.63) is 46.3 Å². The lowest BCUT2D eigenvalue weighted by atomic mass is 10.1. The fourth-order valence-corrected chi connectivity index (χ4v) is 1.62. The summed E-state index contributed by atoms with van der Waals surface area (Å²) in [6.07, 6.45) is 0.513. The van der Waals surface area contributed by atoms with Crippen LogP contribution in [-0.2, 0) is 16.0 Å². The molecule has 0 spiro atoms. The number of esters is 1. The number of rotatable bonds is 3. The molecule has 4 heteroatoms. The Balaban J connectivity index is 2.31. The van der Waals surface area contributed by atoms with Crippen LogP contribution in [0.4, 0.5) is 0 Å². The molecule has 0 aliphatic carbocycles. The Morgan fingerprint density at radius 3 is 2.88 bits per heavy atom. The Morgan fingerprint density at radius 1 is 1.35 bits per heavy atom. The third-order valence-corrected chi connectivity index (χ3v) is 2.54. The summed E-state index contributed by atoms with van der Waals surface area (Å²) in [6.45, 7) is 0. The molecule has 0 N–H and O–H groups in total. The molecule has 0 aliphatic heterocycles. The molecule has 0 atom stereocenters. The largest absolute Gasteiger partial charge is 0.469 e. The minimum Gasteiger partial charge on any atom is -0.469 e. The van der Waals surface area contributed by atoms with Crippen LogP contribution in [0.25, 0.3) is 11.0 Å². The zero-order valence-corrected chi connectivity index (χ0v) is 9.43. The predicted molar refractivity (Wildman–Crippen MR) is 62.8 cm³/mol. The maximum Gasteiger partial charge on any atom is 0.339 e. The van der Waals surface area contributed by atoms with Crippen molar-refractivity contribution >= 4 is 16.9 Å². The lowest BCUT2D eigenvalue weighted by Gasteiger charge is -2.01. The summed E-state index contributed by atoms with van der Waals surface area (Å²) in [5, 5.41) is 0.854. The second-order valence-electron chi connectivity index (χ2n) is 3.67. The van der Waals surface area contributed by atoms with E-state index in [1.165, 1.54) is 7.11 Å². The van der Waals surface area contributed by atoms with E-state index in [1.54, 1.807) is 18.2 Å². The molecular formula is C13H12O4. The van der Waals surface area contributed by atoms with E-state index < -0.39 is 5.63 Å². The fourth-order valence-electron chi connectivity index (χ4n) is 1.62. The van der Waals surface area contributed by atoms with E-state index in [2.05, 4.69) is 4.74 Å². The van der Waals surface area contributed by atoms with Crippen molar-refractivity contribution in [2.75, 3.05) is 7.11 Å². The first-order valence-corrected chi connectivity index (χ1v) is 5.29. The van der Waals surface area contributed by atoms with Gasteiger partial charge in [0.25, 0.3) is 0 Å². The van der Waals surface area contributed by atoms with Crippen LogP contribution in [-0.4, -0.2) is 13.1 Å². The summed E-state index contributed by atoms with van der Waals surface area (Å²) in [4.78, 5) is 22.6. The first-order chi connectivity index (χ1) is 8.20. The topological polar surface area (TPSA) is 56.5 Å². The van der Waals surface area contributed by atoms with Crippen molar-refractivity contribution in [3.8, 4) is 0 Å². The van der Waals surface area contributed by atoms with Crippen molar-refractivity contribution in [1.29, 1.82) is 0 Å². The van der Waals surface area contributed by atoms with Gasteiger partial charge in [0.2, 0.25) is 0 Å². The third-order valence-electron chi connectivity index (χ3n) is 2.54. The van der Waals surface area contributed by atoms with E-state index in [0.29, 0.717) is 17.6 Å². The summed E-state index contributed by atoms with van der Waals surface area (Å²) in [6, 6.07) is 9.02. The molecule has 1 aromatic carbocycles. The summed E-state index contributed by atoms with van der Waals surface area (Å²) in [5.74, 6) is -0.336. The highest BCUT2D eigenvalue weighted by Crippen LogP contribution is 2.13. The van der Waals surface area contributed by atoms with Crippen LogP contribution in [0, 0.1) is 0 Å². The van der Waals surface area contributed by atoms with Crippen LogP contribution in [0.3, 0.4) is 0 Å². The Hall–Kier alpha value is -2.10. The highest BCUT2D eigenvalue weighted by molar-refractivity contribution is 5.77. The van der Waals surface area contributed by atoms with Crippen LogP contribution in [0.15, 0.2) is 39.5 Å². The average Bonchev–Trinajstić information content (AvgIpc) is 2.35. The molecule has 2 rings (SSSR count). The van der Waals surface area contributed by atoms with Gasteiger partial charge in [0.1, 0.15) is 5.58 Å². The van der Waals surface area contributed by atoms with Gasteiger partial charge in [-0.1, -0.05) is 18.2 Å². The molecule has 0 amide bonds. The predicted octanol–water partition coefficient (Wildman–Crippen LogP) is 1.90. The number of para-hydroxylation sites is 1. The molecule has 0 bridgehead atoms. The highest BCUT2D eigenvalue weighted by Gasteiger charge is 2.07. The second kappa shape index (κ2) is 4.82. The maximum absolute atomic E-state index is 11.6. The fraction of sp³-hybridized carbons (Fsp3) is 0.231. The first-order valence-electron chi connectivity index (χ1n) is 5.29. The summed E-state index contributed by atoms with van der Waals surface area (Å²) in [5.41, 5.74) is 0.654. The van der Waals surface area contributed by atoms with Gasteiger partial charge in [-0.05, 0) is 18.6 Å². The minimum atomic E-state index is -0.396. The number of hydrogen-bond acceptors (Lipinski definition) is 4. The van der Waals surface area contributed by atoms with E-state index >= 15 is 0 Å². The molecule has 4 nitrogen and oxygen atoms in total. The lowest BCUT2D eigenvalue weighted by molar-refractivity contribution is -0.140. The van der Waals surface area contributed by atoms with Crippen molar-refractivity contribution in [3.63, 3.8) is 0 Å². The van der Waals surface area contributed by atoms with Crippen molar-refractivity contribution in [1.82, 2.24) is 0 Å². The highest BCUT2D eigenvalue weighted by atomic mass is 16.5. The van der Waals surface area contributed by atoms with Crippen LogP contribution >= 0.6 is 0 Å². The van der Waals surface area contributed by atoms with Gasteiger partial charge in [0, 0.05) is 17.4 Å². The normalized spacial score (nSPS) is 10.4. The van der Waals surface area contributed by atoms with Gasteiger partial charge in [-0.15, -0.1) is 0 Å². The molecule has 17 heavy (non-hydrogen) atoms. The van der Waals surface area contributed by atoms with Gasteiger partial charge in [-0.2, -0.15) is 0 Å². The standard InChI is InChI=1S/C13H12O4/c1-16-12(14)7-6-10-8-9-4-2-3-5-11(9)17-13(10)15/h2-5,8H,6-7H2,1H3. The molecule has 0 saturated heterocycles. The number of aryl methyl sites for hydroxylation is 1. The lowest BCUT2D eigenvalue weighted by Crippen LogP contribution is -2.10. The number of benzene rings is 1. The quantitative estimate of drug-likeness (QED) is 0.599. The van der Waals surface area contributed by atoms with E-state index in [9.17, 15) is 9.59 Å². The van der Waals surface area contributed by atoms with E-state index in [4.69, 9.17) is 4.42 Å². The third kappa shape index (κ3) is 2.53.